The van der Waals surface area contributed by atoms with Gasteiger partial charge in [0.25, 0.3) is 5.69 Å². The molecule has 6 heteroatoms. The summed E-state index contributed by atoms with van der Waals surface area (Å²) < 4.78 is 0. The standard InChI is InChI=1S/C13H22N4O2/c1-9(2)8-16(10(3)4)13-7-11(17(18)19)6-12(14-5)15-13/h6-7,9-10H,8H2,1-5H3,(H,14,15). The Labute approximate surface area is 114 Å². The van der Waals surface area contributed by atoms with Gasteiger partial charge in [0.2, 0.25) is 0 Å². The Bertz CT molecular complexity index is 446. The van der Waals surface area contributed by atoms with Crippen LogP contribution in [0.3, 0.4) is 0 Å². The molecule has 0 saturated heterocycles. The number of nitrogens with zero attached hydrogens (tertiary/aromatic N) is 3. The van der Waals surface area contributed by atoms with Gasteiger partial charge in [0.15, 0.2) is 0 Å². The summed E-state index contributed by atoms with van der Waals surface area (Å²) in [6, 6.07) is 3.21. The van der Waals surface area contributed by atoms with Gasteiger partial charge in [0.05, 0.1) is 17.1 Å². The fourth-order valence-electron chi connectivity index (χ4n) is 1.84. The highest BCUT2D eigenvalue weighted by Gasteiger charge is 2.18. The van der Waals surface area contributed by atoms with E-state index in [4.69, 9.17) is 0 Å². The molecule has 1 aromatic heterocycles. The van der Waals surface area contributed by atoms with Crippen molar-refractivity contribution < 1.29 is 4.92 Å². The fourth-order valence-corrected chi connectivity index (χ4v) is 1.84. The quantitative estimate of drug-likeness (QED) is 0.633. The van der Waals surface area contributed by atoms with E-state index in [9.17, 15) is 10.1 Å². The van der Waals surface area contributed by atoms with Gasteiger partial charge in [-0.2, -0.15) is 0 Å². The van der Waals surface area contributed by atoms with Gasteiger partial charge < -0.3 is 10.2 Å². The summed E-state index contributed by atoms with van der Waals surface area (Å²) in [5.41, 5.74) is 0.0590. The maximum Gasteiger partial charge on any atom is 0.276 e. The molecule has 0 unspecified atom stereocenters. The van der Waals surface area contributed by atoms with Crippen LogP contribution in [0, 0.1) is 16.0 Å². The molecule has 1 N–H and O–H groups in total. The van der Waals surface area contributed by atoms with Crippen molar-refractivity contribution in [3.8, 4) is 0 Å². The first-order valence-corrected chi connectivity index (χ1v) is 6.46. The van der Waals surface area contributed by atoms with Crippen LogP contribution in [0.2, 0.25) is 0 Å². The molecule has 0 aliphatic heterocycles. The van der Waals surface area contributed by atoms with Crippen LogP contribution in [-0.2, 0) is 0 Å². The Kier molecular flexibility index (Phi) is 5.09. The minimum absolute atomic E-state index is 0.0590. The van der Waals surface area contributed by atoms with Gasteiger partial charge in [0.1, 0.15) is 11.6 Å². The van der Waals surface area contributed by atoms with Crippen molar-refractivity contribution in [3.05, 3.63) is 22.2 Å². The molecule has 0 aromatic carbocycles. The molecular weight excluding hydrogens is 244 g/mol. The third kappa shape index (κ3) is 4.08. The van der Waals surface area contributed by atoms with Crippen molar-refractivity contribution in [2.24, 2.45) is 5.92 Å². The second kappa shape index (κ2) is 6.36. The number of hydrogen-bond donors (Lipinski definition) is 1. The van der Waals surface area contributed by atoms with E-state index in [0.29, 0.717) is 17.6 Å². The van der Waals surface area contributed by atoms with E-state index in [2.05, 4.69) is 42.9 Å². The average molecular weight is 266 g/mol. The van der Waals surface area contributed by atoms with Crippen LogP contribution in [0.25, 0.3) is 0 Å². The summed E-state index contributed by atoms with van der Waals surface area (Å²) in [6.07, 6.45) is 0. The van der Waals surface area contributed by atoms with Gasteiger partial charge in [-0.15, -0.1) is 0 Å². The number of anilines is 2. The van der Waals surface area contributed by atoms with E-state index in [1.54, 1.807) is 7.05 Å². The highest BCUT2D eigenvalue weighted by molar-refractivity contribution is 5.56. The molecule has 106 valence electrons. The Hall–Kier alpha value is -1.85. The predicted octanol–water partition coefficient (Wildman–Crippen LogP) is 2.90. The lowest BCUT2D eigenvalue weighted by molar-refractivity contribution is -0.384. The molecule has 0 radical (unpaired) electrons. The normalized spacial score (nSPS) is 10.9. The molecule has 0 amide bonds. The zero-order chi connectivity index (χ0) is 14.6. The number of nitrogens with one attached hydrogen (secondary N) is 1. The van der Waals surface area contributed by atoms with Crippen molar-refractivity contribution in [1.82, 2.24) is 4.98 Å². The molecule has 1 heterocycles. The molecule has 1 rings (SSSR count). The lowest BCUT2D eigenvalue weighted by Crippen LogP contribution is -2.34. The predicted molar refractivity (Wildman–Crippen MR) is 77.8 cm³/mol. The van der Waals surface area contributed by atoms with Crippen LogP contribution in [0.1, 0.15) is 27.7 Å². The molecule has 0 aliphatic rings. The van der Waals surface area contributed by atoms with E-state index < -0.39 is 0 Å². The first-order valence-electron chi connectivity index (χ1n) is 6.46. The lowest BCUT2D eigenvalue weighted by atomic mass is 10.1. The number of pyridine rings is 1. The van der Waals surface area contributed by atoms with Gasteiger partial charge in [0, 0.05) is 19.6 Å². The van der Waals surface area contributed by atoms with Crippen molar-refractivity contribution in [2.45, 2.75) is 33.7 Å². The summed E-state index contributed by atoms with van der Waals surface area (Å²) in [5.74, 6) is 1.61. The van der Waals surface area contributed by atoms with Crippen LogP contribution >= 0.6 is 0 Å². The van der Waals surface area contributed by atoms with Gasteiger partial charge in [-0.05, 0) is 19.8 Å². The molecule has 0 atom stereocenters. The van der Waals surface area contributed by atoms with E-state index in [0.717, 1.165) is 6.54 Å². The van der Waals surface area contributed by atoms with Crippen LogP contribution in [0.15, 0.2) is 12.1 Å². The van der Waals surface area contributed by atoms with Gasteiger partial charge in [-0.1, -0.05) is 13.8 Å². The minimum atomic E-state index is -0.389. The highest BCUT2D eigenvalue weighted by Crippen LogP contribution is 2.25. The molecule has 0 saturated carbocycles. The number of nitro groups is 1. The molecule has 0 fully saturated rings. The molecule has 0 bridgehead atoms. The van der Waals surface area contributed by atoms with E-state index in [1.165, 1.54) is 12.1 Å². The summed E-state index contributed by atoms with van der Waals surface area (Å²) in [4.78, 5) is 17.1. The zero-order valence-corrected chi connectivity index (χ0v) is 12.2. The van der Waals surface area contributed by atoms with Crippen molar-refractivity contribution in [2.75, 3.05) is 23.8 Å². The van der Waals surface area contributed by atoms with Gasteiger partial charge in [-0.3, -0.25) is 10.1 Å². The largest absolute Gasteiger partial charge is 0.373 e. The first kappa shape index (κ1) is 15.2. The van der Waals surface area contributed by atoms with Crippen LogP contribution in [0.4, 0.5) is 17.3 Å². The van der Waals surface area contributed by atoms with Crippen molar-refractivity contribution in [1.29, 1.82) is 0 Å². The SMILES string of the molecule is CNc1cc([N+](=O)[O-])cc(N(CC(C)C)C(C)C)n1. The second-order valence-corrected chi connectivity index (χ2v) is 5.22. The smallest absolute Gasteiger partial charge is 0.276 e. The average Bonchev–Trinajstić information content (AvgIpc) is 2.34. The van der Waals surface area contributed by atoms with Crippen LogP contribution in [0.5, 0.6) is 0 Å². The topological polar surface area (TPSA) is 71.3 Å². The van der Waals surface area contributed by atoms with Crippen molar-refractivity contribution >= 4 is 17.3 Å². The first-order chi connectivity index (χ1) is 8.85. The third-order valence-corrected chi connectivity index (χ3v) is 2.74. The number of hydrogen-bond acceptors (Lipinski definition) is 5. The van der Waals surface area contributed by atoms with E-state index in [1.807, 2.05) is 0 Å². The zero-order valence-electron chi connectivity index (χ0n) is 12.2. The van der Waals surface area contributed by atoms with Crippen LogP contribution < -0.4 is 10.2 Å². The molecular formula is C13H22N4O2. The Morgan fingerprint density at radius 1 is 1.37 bits per heavy atom. The monoisotopic (exact) mass is 266 g/mol. The van der Waals surface area contributed by atoms with E-state index in [-0.39, 0.29) is 16.7 Å². The minimum Gasteiger partial charge on any atom is -0.373 e. The summed E-state index contributed by atoms with van der Waals surface area (Å²) in [5, 5.41) is 13.8. The maximum absolute atomic E-state index is 11.0. The lowest BCUT2D eigenvalue weighted by Gasteiger charge is -2.29. The molecule has 0 aliphatic carbocycles. The van der Waals surface area contributed by atoms with Crippen molar-refractivity contribution in [3.63, 3.8) is 0 Å². The number of aromatic nitrogens is 1. The Morgan fingerprint density at radius 3 is 2.42 bits per heavy atom. The Morgan fingerprint density at radius 2 is 2.00 bits per heavy atom. The molecule has 19 heavy (non-hydrogen) atoms. The van der Waals surface area contributed by atoms with Crippen LogP contribution in [-0.4, -0.2) is 29.5 Å². The second-order valence-electron chi connectivity index (χ2n) is 5.22. The summed E-state index contributed by atoms with van der Waals surface area (Å²) >= 11 is 0. The van der Waals surface area contributed by atoms with E-state index >= 15 is 0 Å². The van der Waals surface area contributed by atoms with Gasteiger partial charge in [-0.25, -0.2) is 4.98 Å². The maximum atomic E-state index is 11.0. The summed E-state index contributed by atoms with van der Waals surface area (Å²) in [7, 11) is 1.71. The Balaban J connectivity index is 3.21. The third-order valence-electron chi connectivity index (χ3n) is 2.74. The summed E-state index contributed by atoms with van der Waals surface area (Å²) in [6.45, 7) is 9.16. The van der Waals surface area contributed by atoms with Gasteiger partial charge >= 0.3 is 0 Å². The number of rotatable bonds is 6. The molecule has 1 aromatic rings. The highest BCUT2D eigenvalue weighted by atomic mass is 16.6. The fraction of sp³-hybridized carbons (Fsp3) is 0.615. The molecule has 6 nitrogen and oxygen atoms in total. The molecule has 0 spiro atoms.